The van der Waals surface area contributed by atoms with Crippen LogP contribution in [0.15, 0.2) is 59.9 Å². The van der Waals surface area contributed by atoms with Crippen LogP contribution in [0.2, 0.25) is 0 Å². The Morgan fingerprint density at radius 3 is 2.96 bits per heavy atom. The summed E-state index contributed by atoms with van der Waals surface area (Å²) < 4.78 is 6.95. The van der Waals surface area contributed by atoms with Crippen LogP contribution in [0.1, 0.15) is 18.2 Å². The van der Waals surface area contributed by atoms with Gasteiger partial charge in [0.25, 0.3) is 0 Å². The number of carbonyl (C=O) groups is 1. The van der Waals surface area contributed by atoms with E-state index in [0.717, 1.165) is 11.4 Å². The summed E-state index contributed by atoms with van der Waals surface area (Å²) in [6, 6.07) is 6.65. The Kier molecular flexibility index (Phi) is 4.80. The molecule has 0 aliphatic heterocycles. The molecule has 0 unspecified atom stereocenters. The number of amides is 2. The molecule has 130 valence electrons. The minimum Gasteiger partial charge on any atom is -0.466 e. The third kappa shape index (κ3) is 4.24. The lowest BCUT2D eigenvalue weighted by Gasteiger charge is -2.21. The zero-order valence-electron chi connectivity index (χ0n) is 13.7. The van der Waals surface area contributed by atoms with Crippen LogP contribution in [0.3, 0.4) is 0 Å². The van der Waals surface area contributed by atoms with Gasteiger partial charge in [-0.05, 0) is 36.8 Å². The van der Waals surface area contributed by atoms with Gasteiger partial charge in [0.05, 0.1) is 12.8 Å². The zero-order valence-corrected chi connectivity index (χ0v) is 13.7. The predicted molar refractivity (Wildman–Crippen MR) is 89.9 cm³/mol. The number of hydrogen-bond acceptors (Lipinski definition) is 5. The molecular formula is C17H19N5O3. The summed E-state index contributed by atoms with van der Waals surface area (Å²) in [7, 11) is 0. The molecule has 1 atom stereocenters. The van der Waals surface area contributed by atoms with Crippen molar-refractivity contribution in [2.45, 2.75) is 19.1 Å². The van der Waals surface area contributed by atoms with Crippen molar-refractivity contribution in [2.75, 3.05) is 6.54 Å². The molecule has 25 heavy (non-hydrogen) atoms. The fraction of sp³-hybridized carbons (Fsp3) is 0.235. The normalized spacial score (nSPS) is 13.2. The van der Waals surface area contributed by atoms with E-state index in [0.29, 0.717) is 12.3 Å². The highest BCUT2D eigenvalue weighted by molar-refractivity contribution is 5.73. The number of furan rings is 1. The van der Waals surface area contributed by atoms with Crippen LogP contribution in [0.25, 0.3) is 5.82 Å². The van der Waals surface area contributed by atoms with Crippen molar-refractivity contribution in [3.8, 4) is 5.82 Å². The van der Waals surface area contributed by atoms with E-state index in [2.05, 4.69) is 20.6 Å². The molecule has 3 rings (SSSR count). The van der Waals surface area contributed by atoms with E-state index in [1.165, 1.54) is 6.26 Å². The summed E-state index contributed by atoms with van der Waals surface area (Å²) in [6.07, 6.45) is 8.27. The number of hydrogen-bond donors (Lipinski definition) is 3. The highest BCUT2D eigenvalue weighted by Crippen LogP contribution is 2.19. The highest BCUT2D eigenvalue weighted by atomic mass is 16.4. The molecular weight excluding hydrogens is 322 g/mol. The Morgan fingerprint density at radius 1 is 1.36 bits per heavy atom. The molecule has 0 saturated heterocycles. The summed E-state index contributed by atoms with van der Waals surface area (Å²) in [5, 5.41) is 15.7. The minimum absolute atomic E-state index is 0.0307. The number of carbonyl (C=O) groups excluding carboxylic acids is 1. The first-order chi connectivity index (χ1) is 12.0. The first kappa shape index (κ1) is 16.7. The van der Waals surface area contributed by atoms with Gasteiger partial charge in [-0.3, -0.25) is 4.57 Å². The van der Waals surface area contributed by atoms with Gasteiger partial charge < -0.3 is 20.2 Å². The standard InChI is InChI=1S/C17H19N5O3/c1-17(24,14-3-2-8-25-14)11-21-16(23)20-10-13-4-5-19-15(9-13)22-7-6-18-12-22/h2-9,12,24H,10-11H2,1H3,(H2,20,21,23)/t17-/m1/s1. The quantitative estimate of drug-likeness (QED) is 0.631. The lowest BCUT2D eigenvalue weighted by atomic mass is 10.0. The molecule has 0 fully saturated rings. The Labute approximate surface area is 144 Å². The Morgan fingerprint density at radius 2 is 2.24 bits per heavy atom. The number of nitrogens with zero attached hydrogens (tertiary/aromatic N) is 3. The Balaban J connectivity index is 1.52. The van der Waals surface area contributed by atoms with Crippen molar-refractivity contribution < 1.29 is 14.3 Å². The lowest BCUT2D eigenvalue weighted by Crippen LogP contribution is -2.43. The molecule has 3 aromatic heterocycles. The monoisotopic (exact) mass is 341 g/mol. The van der Waals surface area contributed by atoms with Crippen LogP contribution in [0.4, 0.5) is 4.79 Å². The van der Waals surface area contributed by atoms with E-state index >= 15 is 0 Å². The van der Waals surface area contributed by atoms with Gasteiger partial charge in [-0.1, -0.05) is 0 Å². The summed E-state index contributed by atoms with van der Waals surface area (Å²) >= 11 is 0. The molecule has 0 spiro atoms. The van der Waals surface area contributed by atoms with Crippen LogP contribution in [-0.2, 0) is 12.1 Å². The van der Waals surface area contributed by atoms with Crippen molar-refractivity contribution in [1.29, 1.82) is 0 Å². The molecule has 3 heterocycles. The third-order valence-electron chi connectivity index (χ3n) is 3.68. The van der Waals surface area contributed by atoms with Crippen molar-refractivity contribution in [1.82, 2.24) is 25.2 Å². The third-order valence-corrected chi connectivity index (χ3v) is 3.68. The highest BCUT2D eigenvalue weighted by Gasteiger charge is 2.26. The molecule has 2 amide bonds. The molecule has 3 aromatic rings. The van der Waals surface area contributed by atoms with Crippen molar-refractivity contribution in [3.05, 3.63) is 66.8 Å². The Bertz CT molecular complexity index is 813. The fourth-order valence-electron chi connectivity index (χ4n) is 2.28. The van der Waals surface area contributed by atoms with Crippen LogP contribution >= 0.6 is 0 Å². The molecule has 0 aliphatic rings. The number of aliphatic hydroxyl groups is 1. The van der Waals surface area contributed by atoms with Gasteiger partial charge in [0.15, 0.2) is 0 Å². The van der Waals surface area contributed by atoms with Crippen LogP contribution in [0, 0.1) is 0 Å². The van der Waals surface area contributed by atoms with E-state index < -0.39 is 5.60 Å². The molecule has 0 aromatic carbocycles. The molecule has 0 aliphatic carbocycles. The van der Waals surface area contributed by atoms with Crippen LogP contribution < -0.4 is 10.6 Å². The summed E-state index contributed by atoms with van der Waals surface area (Å²) in [5.41, 5.74) is -0.377. The maximum atomic E-state index is 12.0. The van der Waals surface area contributed by atoms with Gasteiger partial charge in [0.1, 0.15) is 23.5 Å². The second-order valence-electron chi connectivity index (χ2n) is 5.78. The number of nitrogens with one attached hydrogen (secondary N) is 2. The van der Waals surface area contributed by atoms with E-state index in [1.807, 2.05) is 12.1 Å². The summed E-state index contributed by atoms with van der Waals surface area (Å²) in [5.74, 6) is 1.12. The largest absolute Gasteiger partial charge is 0.466 e. The molecule has 8 nitrogen and oxygen atoms in total. The molecule has 8 heteroatoms. The van der Waals surface area contributed by atoms with E-state index in [4.69, 9.17) is 4.42 Å². The summed E-state index contributed by atoms with van der Waals surface area (Å²) in [6.45, 7) is 1.94. The topological polar surface area (TPSA) is 105 Å². The van der Waals surface area contributed by atoms with Crippen molar-refractivity contribution >= 4 is 6.03 Å². The second-order valence-corrected chi connectivity index (χ2v) is 5.78. The van der Waals surface area contributed by atoms with Crippen LogP contribution in [0.5, 0.6) is 0 Å². The maximum Gasteiger partial charge on any atom is 0.315 e. The lowest BCUT2D eigenvalue weighted by molar-refractivity contribution is 0.0367. The average Bonchev–Trinajstić information content (AvgIpc) is 3.32. The smallest absolute Gasteiger partial charge is 0.315 e. The van der Waals surface area contributed by atoms with E-state index in [1.54, 1.807) is 48.5 Å². The van der Waals surface area contributed by atoms with E-state index in [-0.39, 0.29) is 12.6 Å². The predicted octanol–water partition coefficient (Wildman–Crippen LogP) is 1.57. The van der Waals surface area contributed by atoms with Gasteiger partial charge in [-0.2, -0.15) is 0 Å². The van der Waals surface area contributed by atoms with Gasteiger partial charge in [0, 0.05) is 25.1 Å². The maximum absolute atomic E-state index is 12.0. The average molecular weight is 341 g/mol. The van der Waals surface area contributed by atoms with Crippen LogP contribution in [-0.4, -0.2) is 32.2 Å². The number of pyridine rings is 1. The summed E-state index contributed by atoms with van der Waals surface area (Å²) in [4.78, 5) is 20.2. The number of rotatable bonds is 6. The van der Waals surface area contributed by atoms with Crippen molar-refractivity contribution in [3.63, 3.8) is 0 Å². The van der Waals surface area contributed by atoms with Crippen molar-refractivity contribution in [2.24, 2.45) is 0 Å². The zero-order chi connectivity index (χ0) is 17.7. The molecule has 0 bridgehead atoms. The van der Waals surface area contributed by atoms with Gasteiger partial charge in [-0.25, -0.2) is 14.8 Å². The van der Waals surface area contributed by atoms with Gasteiger partial charge >= 0.3 is 6.03 Å². The second kappa shape index (κ2) is 7.18. The molecule has 0 radical (unpaired) electrons. The fourth-order valence-corrected chi connectivity index (χ4v) is 2.28. The minimum atomic E-state index is -1.27. The molecule has 3 N–H and O–H groups in total. The number of aromatic nitrogens is 3. The van der Waals surface area contributed by atoms with E-state index in [9.17, 15) is 9.90 Å². The van der Waals surface area contributed by atoms with Gasteiger partial charge in [-0.15, -0.1) is 0 Å². The number of imidazole rings is 1. The Hall–Kier alpha value is -3.13. The molecule has 0 saturated carbocycles. The van der Waals surface area contributed by atoms with Gasteiger partial charge in [0.2, 0.25) is 0 Å². The first-order valence-electron chi connectivity index (χ1n) is 7.76. The first-order valence-corrected chi connectivity index (χ1v) is 7.76. The number of urea groups is 1. The SMILES string of the molecule is C[C@@](O)(CNC(=O)NCc1ccnc(-n2ccnc2)c1)c1ccco1.